The molecular formula is C21H33ClN6O2. The summed E-state index contributed by atoms with van der Waals surface area (Å²) in [6, 6.07) is 10.4. The molecule has 0 unspecified atom stereocenters. The summed E-state index contributed by atoms with van der Waals surface area (Å²) in [6.45, 7) is 7.48. The van der Waals surface area contributed by atoms with E-state index in [9.17, 15) is 9.90 Å². The summed E-state index contributed by atoms with van der Waals surface area (Å²) < 4.78 is 1.57. The number of carbonyl (C=O) groups is 1. The molecule has 1 aliphatic rings. The number of carbonyl (C=O) groups excluding carboxylic acids is 1. The van der Waals surface area contributed by atoms with Crippen molar-refractivity contribution in [2.75, 3.05) is 32.7 Å². The molecule has 1 aromatic carbocycles. The third-order valence-electron chi connectivity index (χ3n) is 5.39. The maximum atomic E-state index is 12.3. The van der Waals surface area contributed by atoms with Crippen LogP contribution in [-0.2, 0) is 13.1 Å². The van der Waals surface area contributed by atoms with Crippen LogP contribution < -0.4 is 10.6 Å². The lowest BCUT2D eigenvalue weighted by Crippen LogP contribution is -2.44. The van der Waals surface area contributed by atoms with Crippen molar-refractivity contribution in [3.63, 3.8) is 0 Å². The Morgan fingerprint density at radius 1 is 1.30 bits per heavy atom. The van der Waals surface area contributed by atoms with Crippen LogP contribution in [0.25, 0.3) is 0 Å². The van der Waals surface area contributed by atoms with Crippen LogP contribution in [0.5, 0.6) is 0 Å². The highest BCUT2D eigenvalue weighted by Crippen LogP contribution is 2.19. The summed E-state index contributed by atoms with van der Waals surface area (Å²) in [4.78, 5) is 14.7. The van der Waals surface area contributed by atoms with Gasteiger partial charge in [-0.15, -0.1) is 17.5 Å². The molecule has 8 nitrogen and oxygen atoms in total. The van der Waals surface area contributed by atoms with E-state index in [0.29, 0.717) is 31.6 Å². The molecule has 1 saturated heterocycles. The van der Waals surface area contributed by atoms with Crippen LogP contribution in [-0.4, -0.2) is 69.2 Å². The van der Waals surface area contributed by atoms with Crippen LogP contribution in [0.15, 0.2) is 36.5 Å². The standard InChI is InChI=1S/C21H32N6O2.ClH/c1-2-26(15-18-7-4-3-5-8-18)14-6-11-23-20(28)19-16-27(25-24-19)17-21(29)9-12-22-13-10-21;/h3-5,7-8,16,22,29H,2,6,9-15,17H2,1H3,(H,23,28);1H. The minimum absolute atomic E-state index is 0. The van der Waals surface area contributed by atoms with Crippen molar-refractivity contribution < 1.29 is 9.90 Å². The Kier molecular flexibility index (Phi) is 9.71. The zero-order valence-electron chi connectivity index (χ0n) is 17.6. The van der Waals surface area contributed by atoms with Crippen LogP contribution in [0, 0.1) is 0 Å². The molecule has 1 amide bonds. The van der Waals surface area contributed by atoms with Gasteiger partial charge in [0.15, 0.2) is 5.69 Å². The van der Waals surface area contributed by atoms with Crippen LogP contribution in [0.2, 0.25) is 0 Å². The van der Waals surface area contributed by atoms with Crippen molar-refractivity contribution in [2.45, 2.75) is 44.9 Å². The topological polar surface area (TPSA) is 95.3 Å². The molecule has 9 heteroatoms. The maximum absolute atomic E-state index is 12.3. The predicted molar refractivity (Wildman–Crippen MR) is 119 cm³/mol. The number of aromatic nitrogens is 3. The van der Waals surface area contributed by atoms with E-state index in [1.165, 1.54) is 5.56 Å². The number of hydrogen-bond donors (Lipinski definition) is 3. The average molecular weight is 437 g/mol. The Morgan fingerprint density at radius 2 is 2.03 bits per heavy atom. The largest absolute Gasteiger partial charge is 0.388 e. The van der Waals surface area contributed by atoms with Gasteiger partial charge in [-0.05, 0) is 44.5 Å². The molecule has 0 radical (unpaired) electrons. The Balaban J connectivity index is 0.00000320. The summed E-state index contributed by atoms with van der Waals surface area (Å²) in [5.41, 5.74) is 0.805. The van der Waals surface area contributed by atoms with Crippen molar-refractivity contribution in [1.82, 2.24) is 30.5 Å². The van der Waals surface area contributed by atoms with Gasteiger partial charge in [-0.25, -0.2) is 4.68 Å². The highest BCUT2D eigenvalue weighted by Gasteiger charge is 2.30. The Bertz CT molecular complexity index is 764. The number of rotatable bonds is 10. The van der Waals surface area contributed by atoms with Gasteiger partial charge in [0, 0.05) is 19.6 Å². The molecular weight excluding hydrogens is 404 g/mol. The molecule has 2 aromatic rings. The van der Waals surface area contributed by atoms with Gasteiger partial charge >= 0.3 is 0 Å². The molecule has 166 valence electrons. The summed E-state index contributed by atoms with van der Waals surface area (Å²) in [7, 11) is 0. The van der Waals surface area contributed by atoms with Gasteiger partial charge < -0.3 is 15.7 Å². The molecule has 0 bridgehead atoms. The highest BCUT2D eigenvalue weighted by molar-refractivity contribution is 5.91. The second kappa shape index (κ2) is 12.0. The molecule has 0 atom stereocenters. The monoisotopic (exact) mass is 436 g/mol. The van der Waals surface area contributed by atoms with E-state index in [1.54, 1.807) is 10.9 Å². The van der Waals surface area contributed by atoms with Crippen LogP contribution in [0.1, 0.15) is 42.2 Å². The molecule has 30 heavy (non-hydrogen) atoms. The van der Waals surface area contributed by atoms with E-state index in [2.05, 4.69) is 57.0 Å². The number of nitrogens with one attached hydrogen (secondary N) is 2. The van der Waals surface area contributed by atoms with Crippen molar-refractivity contribution in [3.8, 4) is 0 Å². The summed E-state index contributed by atoms with van der Waals surface area (Å²) in [6.07, 6.45) is 3.83. The lowest BCUT2D eigenvalue weighted by atomic mass is 9.92. The molecule has 1 aliphatic heterocycles. The SMILES string of the molecule is CCN(CCCNC(=O)c1cn(CC2(O)CCNCC2)nn1)Cc1ccccc1.Cl. The van der Waals surface area contributed by atoms with Gasteiger partial charge in [-0.2, -0.15) is 0 Å². The minimum Gasteiger partial charge on any atom is -0.388 e. The summed E-state index contributed by atoms with van der Waals surface area (Å²) in [5, 5.41) is 24.7. The van der Waals surface area contributed by atoms with E-state index in [-0.39, 0.29) is 18.3 Å². The molecule has 0 saturated carbocycles. The molecule has 1 fully saturated rings. The normalized spacial score (nSPS) is 15.6. The second-order valence-electron chi connectivity index (χ2n) is 7.74. The number of hydrogen-bond acceptors (Lipinski definition) is 6. The van der Waals surface area contributed by atoms with Crippen molar-refractivity contribution in [1.29, 1.82) is 0 Å². The number of benzene rings is 1. The predicted octanol–water partition coefficient (Wildman–Crippen LogP) is 1.46. The molecule has 1 aromatic heterocycles. The van der Waals surface area contributed by atoms with Gasteiger partial charge in [0.05, 0.1) is 18.3 Å². The first-order chi connectivity index (χ1) is 14.1. The Hall–Kier alpha value is -2.00. The lowest BCUT2D eigenvalue weighted by molar-refractivity contribution is -0.00866. The third kappa shape index (κ3) is 7.36. The van der Waals surface area contributed by atoms with Crippen molar-refractivity contribution >= 4 is 18.3 Å². The van der Waals surface area contributed by atoms with Crippen LogP contribution >= 0.6 is 12.4 Å². The van der Waals surface area contributed by atoms with Gasteiger partial charge in [-0.1, -0.05) is 42.5 Å². The van der Waals surface area contributed by atoms with E-state index in [4.69, 9.17) is 0 Å². The highest BCUT2D eigenvalue weighted by atomic mass is 35.5. The molecule has 2 heterocycles. The molecule has 3 rings (SSSR count). The number of halogens is 1. The Morgan fingerprint density at radius 3 is 2.73 bits per heavy atom. The first-order valence-electron chi connectivity index (χ1n) is 10.5. The number of piperidine rings is 1. The lowest BCUT2D eigenvalue weighted by Gasteiger charge is -2.32. The zero-order chi connectivity index (χ0) is 20.5. The fourth-order valence-corrected chi connectivity index (χ4v) is 3.62. The van der Waals surface area contributed by atoms with E-state index < -0.39 is 5.60 Å². The summed E-state index contributed by atoms with van der Waals surface area (Å²) in [5.74, 6) is -0.223. The second-order valence-corrected chi connectivity index (χ2v) is 7.74. The first kappa shape index (κ1) is 24.3. The van der Waals surface area contributed by atoms with Crippen LogP contribution in [0.3, 0.4) is 0 Å². The maximum Gasteiger partial charge on any atom is 0.273 e. The van der Waals surface area contributed by atoms with E-state index in [0.717, 1.165) is 39.1 Å². The first-order valence-corrected chi connectivity index (χ1v) is 10.5. The van der Waals surface area contributed by atoms with Crippen LogP contribution in [0.4, 0.5) is 0 Å². The zero-order valence-corrected chi connectivity index (χ0v) is 18.4. The van der Waals surface area contributed by atoms with E-state index >= 15 is 0 Å². The van der Waals surface area contributed by atoms with Gasteiger partial charge in [-0.3, -0.25) is 9.69 Å². The Labute approximate surface area is 184 Å². The number of nitrogens with zero attached hydrogens (tertiary/aromatic N) is 4. The van der Waals surface area contributed by atoms with Gasteiger partial charge in [0.2, 0.25) is 0 Å². The van der Waals surface area contributed by atoms with Crippen molar-refractivity contribution in [3.05, 3.63) is 47.8 Å². The minimum atomic E-state index is -0.783. The average Bonchev–Trinajstić information content (AvgIpc) is 3.19. The molecule has 0 aliphatic carbocycles. The smallest absolute Gasteiger partial charge is 0.273 e. The van der Waals surface area contributed by atoms with E-state index in [1.807, 2.05) is 6.07 Å². The van der Waals surface area contributed by atoms with Gasteiger partial charge in [0.25, 0.3) is 5.91 Å². The number of amides is 1. The van der Waals surface area contributed by atoms with Crippen molar-refractivity contribution in [2.24, 2.45) is 0 Å². The molecule has 0 spiro atoms. The fraction of sp³-hybridized carbons (Fsp3) is 0.571. The quantitative estimate of drug-likeness (QED) is 0.488. The number of aliphatic hydroxyl groups is 1. The molecule has 3 N–H and O–H groups in total. The fourth-order valence-electron chi connectivity index (χ4n) is 3.62. The summed E-state index contributed by atoms with van der Waals surface area (Å²) >= 11 is 0. The van der Waals surface area contributed by atoms with Gasteiger partial charge in [0.1, 0.15) is 0 Å². The third-order valence-corrected chi connectivity index (χ3v) is 5.39.